The van der Waals surface area contributed by atoms with Gasteiger partial charge in [-0.3, -0.25) is 0 Å². The van der Waals surface area contributed by atoms with E-state index in [9.17, 15) is 18.3 Å². The topological polar surface area (TPSA) is 74.7 Å². The first-order valence-corrected chi connectivity index (χ1v) is 8.05. The van der Waals surface area contributed by atoms with Crippen LogP contribution in [0.1, 0.15) is 15.9 Å². The molecule has 1 N–H and O–H groups in total. The monoisotopic (exact) mass is 319 g/mol. The second-order valence-corrected chi connectivity index (χ2v) is 7.25. The zero-order chi connectivity index (χ0) is 16.5. The maximum atomic E-state index is 12.2. The van der Waals surface area contributed by atoms with Crippen LogP contribution in [0.25, 0.3) is 11.1 Å². The van der Waals surface area contributed by atoms with E-state index in [-0.39, 0.29) is 10.5 Å². The van der Waals surface area contributed by atoms with Crippen LogP contribution >= 0.6 is 0 Å². The van der Waals surface area contributed by atoms with Crippen molar-refractivity contribution in [1.29, 1.82) is 0 Å². The lowest BCUT2D eigenvalue weighted by Gasteiger charge is -2.13. The normalized spacial score (nSPS) is 11.6. The molecule has 0 radical (unpaired) electrons. The van der Waals surface area contributed by atoms with Crippen molar-refractivity contribution >= 4 is 16.0 Å². The van der Waals surface area contributed by atoms with Crippen molar-refractivity contribution in [3.05, 3.63) is 53.6 Å². The summed E-state index contributed by atoms with van der Waals surface area (Å²) in [7, 11) is -0.589. The smallest absolute Gasteiger partial charge is 0.335 e. The molecule has 5 nitrogen and oxygen atoms in total. The first-order chi connectivity index (χ1) is 10.2. The summed E-state index contributed by atoms with van der Waals surface area (Å²) in [5.41, 5.74) is 2.19. The van der Waals surface area contributed by atoms with Crippen LogP contribution in [-0.2, 0) is 10.0 Å². The number of hydrogen-bond donors (Lipinski definition) is 1. The first kappa shape index (κ1) is 16.2. The van der Waals surface area contributed by atoms with Crippen LogP contribution in [0.2, 0.25) is 0 Å². The van der Waals surface area contributed by atoms with Crippen LogP contribution in [-0.4, -0.2) is 37.9 Å². The highest BCUT2D eigenvalue weighted by molar-refractivity contribution is 7.89. The Morgan fingerprint density at radius 2 is 1.73 bits per heavy atom. The second-order valence-electron chi connectivity index (χ2n) is 5.10. The van der Waals surface area contributed by atoms with Crippen molar-refractivity contribution in [3.8, 4) is 11.1 Å². The molecular weight excluding hydrogens is 302 g/mol. The van der Waals surface area contributed by atoms with Gasteiger partial charge >= 0.3 is 5.97 Å². The fourth-order valence-electron chi connectivity index (χ4n) is 2.21. The standard InChI is InChI=1S/C16H17NO4S/c1-11-14(8-5-9-15(11)16(18)19)12-6-4-7-13(10-12)22(20,21)17(2)3/h4-10H,1-3H3,(H,18,19). The Hall–Kier alpha value is -2.18. The van der Waals surface area contributed by atoms with Crippen molar-refractivity contribution < 1.29 is 18.3 Å². The molecule has 0 atom stereocenters. The lowest BCUT2D eigenvalue weighted by molar-refractivity contribution is 0.0696. The molecular formula is C16H17NO4S. The molecule has 0 aliphatic carbocycles. The maximum Gasteiger partial charge on any atom is 0.335 e. The van der Waals surface area contributed by atoms with Gasteiger partial charge in [-0.2, -0.15) is 0 Å². The zero-order valence-corrected chi connectivity index (χ0v) is 13.4. The van der Waals surface area contributed by atoms with Gasteiger partial charge in [0.2, 0.25) is 10.0 Å². The Kier molecular flexibility index (Phi) is 4.35. The molecule has 0 fully saturated rings. The average molecular weight is 319 g/mol. The summed E-state index contributed by atoms with van der Waals surface area (Å²) >= 11 is 0. The summed E-state index contributed by atoms with van der Waals surface area (Å²) in [6.45, 7) is 1.71. The summed E-state index contributed by atoms with van der Waals surface area (Å²) < 4.78 is 25.6. The third-order valence-electron chi connectivity index (χ3n) is 3.49. The molecule has 116 valence electrons. The minimum absolute atomic E-state index is 0.176. The van der Waals surface area contributed by atoms with E-state index in [2.05, 4.69) is 0 Å². The minimum Gasteiger partial charge on any atom is -0.478 e. The number of nitrogens with zero attached hydrogens (tertiary/aromatic N) is 1. The van der Waals surface area contributed by atoms with Gasteiger partial charge in [0.15, 0.2) is 0 Å². The Morgan fingerprint density at radius 1 is 1.09 bits per heavy atom. The SMILES string of the molecule is Cc1c(C(=O)O)cccc1-c1cccc(S(=O)(=O)N(C)C)c1. The van der Waals surface area contributed by atoms with Gasteiger partial charge in [0.25, 0.3) is 0 Å². The van der Waals surface area contributed by atoms with E-state index in [1.54, 1.807) is 37.3 Å². The minimum atomic E-state index is -3.53. The average Bonchev–Trinajstić information content (AvgIpc) is 2.47. The predicted molar refractivity (Wildman–Crippen MR) is 84.4 cm³/mol. The van der Waals surface area contributed by atoms with Gasteiger partial charge in [-0.1, -0.05) is 24.3 Å². The molecule has 0 amide bonds. The molecule has 0 aliphatic heterocycles. The molecule has 2 aromatic carbocycles. The molecule has 0 unspecified atom stereocenters. The van der Waals surface area contributed by atoms with E-state index in [0.29, 0.717) is 16.7 Å². The number of carboxylic acids is 1. The molecule has 0 saturated heterocycles. The van der Waals surface area contributed by atoms with Crippen LogP contribution in [0.15, 0.2) is 47.4 Å². The van der Waals surface area contributed by atoms with E-state index in [0.717, 1.165) is 4.31 Å². The van der Waals surface area contributed by atoms with Crippen LogP contribution in [0.5, 0.6) is 0 Å². The van der Waals surface area contributed by atoms with Crippen molar-refractivity contribution in [3.63, 3.8) is 0 Å². The summed E-state index contributed by atoms with van der Waals surface area (Å²) in [5, 5.41) is 9.19. The van der Waals surface area contributed by atoms with Gasteiger partial charge in [-0.15, -0.1) is 0 Å². The molecule has 6 heteroatoms. The van der Waals surface area contributed by atoms with E-state index in [1.807, 2.05) is 0 Å². The first-order valence-electron chi connectivity index (χ1n) is 6.61. The second kappa shape index (κ2) is 5.90. The van der Waals surface area contributed by atoms with E-state index >= 15 is 0 Å². The molecule has 0 bridgehead atoms. The van der Waals surface area contributed by atoms with Crippen molar-refractivity contribution in [1.82, 2.24) is 4.31 Å². The molecule has 2 aromatic rings. The number of carboxylic acid groups (broad SMARTS) is 1. The van der Waals surface area contributed by atoms with Gasteiger partial charge in [-0.05, 0) is 41.8 Å². The Labute approximate surface area is 129 Å². The van der Waals surface area contributed by atoms with Gasteiger partial charge in [-0.25, -0.2) is 17.5 Å². The molecule has 0 aliphatic rings. The number of benzene rings is 2. The molecule has 22 heavy (non-hydrogen) atoms. The van der Waals surface area contributed by atoms with E-state index in [1.165, 1.54) is 26.2 Å². The van der Waals surface area contributed by atoms with Crippen LogP contribution in [0.3, 0.4) is 0 Å². The summed E-state index contributed by atoms with van der Waals surface area (Å²) in [6, 6.07) is 11.5. The quantitative estimate of drug-likeness (QED) is 0.940. The Morgan fingerprint density at radius 3 is 2.32 bits per heavy atom. The largest absolute Gasteiger partial charge is 0.478 e. The molecule has 0 spiro atoms. The summed E-state index contributed by atoms with van der Waals surface area (Å²) in [6.07, 6.45) is 0. The highest BCUT2D eigenvalue weighted by Gasteiger charge is 2.18. The Bertz CT molecular complexity index is 826. The van der Waals surface area contributed by atoms with Crippen molar-refractivity contribution in [2.45, 2.75) is 11.8 Å². The lowest BCUT2D eigenvalue weighted by Crippen LogP contribution is -2.22. The van der Waals surface area contributed by atoms with Gasteiger partial charge in [0.1, 0.15) is 0 Å². The number of aromatic carboxylic acids is 1. The number of sulfonamides is 1. The summed E-state index contributed by atoms with van der Waals surface area (Å²) in [4.78, 5) is 11.4. The Balaban J connectivity index is 2.61. The van der Waals surface area contributed by atoms with Crippen LogP contribution in [0.4, 0.5) is 0 Å². The van der Waals surface area contributed by atoms with Crippen molar-refractivity contribution in [2.75, 3.05) is 14.1 Å². The van der Waals surface area contributed by atoms with Gasteiger partial charge < -0.3 is 5.11 Å². The van der Waals surface area contributed by atoms with Crippen molar-refractivity contribution in [2.24, 2.45) is 0 Å². The van der Waals surface area contributed by atoms with E-state index in [4.69, 9.17) is 0 Å². The fraction of sp³-hybridized carbons (Fsp3) is 0.188. The van der Waals surface area contributed by atoms with Gasteiger partial charge in [0.05, 0.1) is 10.5 Å². The fourth-order valence-corrected chi connectivity index (χ4v) is 3.16. The third kappa shape index (κ3) is 2.88. The molecule has 0 heterocycles. The van der Waals surface area contributed by atoms with Crippen LogP contribution < -0.4 is 0 Å². The number of rotatable bonds is 4. The number of carbonyl (C=O) groups is 1. The van der Waals surface area contributed by atoms with E-state index < -0.39 is 16.0 Å². The lowest BCUT2D eigenvalue weighted by atomic mass is 9.96. The van der Waals surface area contributed by atoms with Crippen LogP contribution in [0, 0.1) is 6.92 Å². The maximum absolute atomic E-state index is 12.2. The summed E-state index contributed by atoms with van der Waals surface area (Å²) in [5.74, 6) is -1.00. The molecule has 2 rings (SSSR count). The highest BCUT2D eigenvalue weighted by Crippen LogP contribution is 2.28. The number of hydrogen-bond acceptors (Lipinski definition) is 3. The highest BCUT2D eigenvalue weighted by atomic mass is 32.2. The van der Waals surface area contributed by atoms with Gasteiger partial charge in [0, 0.05) is 14.1 Å². The predicted octanol–water partition coefficient (Wildman–Crippen LogP) is 2.61. The third-order valence-corrected chi connectivity index (χ3v) is 5.30. The molecule has 0 aromatic heterocycles. The molecule has 0 saturated carbocycles. The zero-order valence-electron chi connectivity index (χ0n) is 12.6.